The molecule has 1 aliphatic heterocycles. The van der Waals surface area contributed by atoms with Crippen molar-refractivity contribution < 1.29 is 0 Å². The van der Waals surface area contributed by atoms with Crippen LogP contribution in [0.4, 0.5) is 5.69 Å². The number of hydrogen-bond acceptors (Lipinski definition) is 2. The number of hydrogen-bond donors (Lipinski definition) is 2. The van der Waals surface area contributed by atoms with Crippen LogP contribution in [0.25, 0.3) is 0 Å². The molecule has 1 spiro atoms. The lowest BCUT2D eigenvalue weighted by molar-refractivity contribution is 0.733. The monoisotopic (exact) mass is 252 g/mol. The molecule has 1 aliphatic carbocycles. The molecule has 2 unspecified atom stereocenters. The third-order valence-corrected chi connectivity index (χ3v) is 4.51. The zero-order valence-corrected chi connectivity index (χ0v) is 9.69. The van der Waals surface area contributed by atoms with Crippen molar-refractivity contribution >= 4 is 21.6 Å². The molecule has 1 fully saturated rings. The van der Waals surface area contributed by atoms with Crippen LogP contribution in [0.15, 0.2) is 16.6 Å². The Hall–Kier alpha value is -0.540. The highest BCUT2D eigenvalue weighted by Gasteiger charge is 2.56. The maximum atomic E-state index is 6.01. The summed E-state index contributed by atoms with van der Waals surface area (Å²) in [7, 11) is 0. The molecule has 2 atom stereocenters. The first-order chi connectivity index (χ1) is 6.65. The van der Waals surface area contributed by atoms with Gasteiger partial charge in [0.2, 0.25) is 0 Å². The predicted molar refractivity (Wildman–Crippen MR) is 61.6 cm³/mol. The van der Waals surface area contributed by atoms with Crippen LogP contribution in [0.2, 0.25) is 0 Å². The second kappa shape index (κ2) is 2.52. The Bertz CT molecular complexity index is 416. The number of rotatable bonds is 0. The third-order valence-electron chi connectivity index (χ3n) is 3.65. The van der Waals surface area contributed by atoms with Gasteiger partial charge in [-0.15, -0.1) is 0 Å². The van der Waals surface area contributed by atoms with Crippen LogP contribution in [-0.4, -0.2) is 12.6 Å². The van der Waals surface area contributed by atoms with E-state index in [0.717, 1.165) is 13.0 Å². The van der Waals surface area contributed by atoms with Crippen molar-refractivity contribution in [2.24, 2.45) is 5.73 Å². The van der Waals surface area contributed by atoms with Crippen LogP contribution in [0.1, 0.15) is 17.5 Å². The molecule has 2 nitrogen and oxygen atoms in total. The first-order valence-corrected chi connectivity index (χ1v) is 5.73. The van der Waals surface area contributed by atoms with Crippen molar-refractivity contribution in [2.45, 2.75) is 24.8 Å². The van der Waals surface area contributed by atoms with Crippen molar-refractivity contribution in [3.63, 3.8) is 0 Å². The molecule has 0 radical (unpaired) electrons. The smallest absolute Gasteiger partial charge is 0.0421 e. The second-order valence-electron chi connectivity index (χ2n) is 4.42. The summed E-state index contributed by atoms with van der Waals surface area (Å²) in [5.74, 6) is 0. The molecule has 3 rings (SSSR count). The minimum Gasteiger partial charge on any atom is -0.384 e. The van der Waals surface area contributed by atoms with Crippen LogP contribution < -0.4 is 11.1 Å². The highest BCUT2D eigenvalue weighted by Crippen LogP contribution is 2.54. The molecule has 1 aromatic rings. The molecule has 74 valence electrons. The van der Waals surface area contributed by atoms with E-state index in [4.69, 9.17) is 5.73 Å². The SMILES string of the molecule is Cc1c(Br)ccc2c1NCC21CC1N. The fourth-order valence-corrected chi connectivity index (χ4v) is 2.85. The van der Waals surface area contributed by atoms with Gasteiger partial charge in [-0.05, 0) is 30.5 Å². The summed E-state index contributed by atoms with van der Waals surface area (Å²) in [5, 5.41) is 3.48. The van der Waals surface area contributed by atoms with Crippen molar-refractivity contribution in [3.05, 3.63) is 27.7 Å². The fourth-order valence-electron chi connectivity index (χ4n) is 2.52. The lowest BCUT2D eigenvalue weighted by Crippen LogP contribution is -2.20. The molecule has 3 heteroatoms. The van der Waals surface area contributed by atoms with Gasteiger partial charge in [0.05, 0.1) is 0 Å². The van der Waals surface area contributed by atoms with E-state index in [1.165, 1.54) is 21.3 Å². The number of nitrogens with two attached hydrogens (primary N) is 1. The van der Waals surface area contributed by atoms with Gasteiger partial charge in [-0.2, -0.15) is 0 Å². The van der Waals surface area contributed by atoms with Crippen LogP contribution in [-0.2, 0) is 5.41 Å². The Balaban J connectivity index is 2.19. The normalized spacial score (nSPS) is 32.9. The number of nitrogens with one attached hydrogen (secondary N) is 1. The van der Waals surface area contributed by atoms with E-state index in [1.807, 2.05) is 0 Å². The van der Waals surface area contributed by atoms with Gasteiger partial charge in [0.25, 0.3) is 0 Å². The van der Waals surface area contributed by atoms with Gasteiger partial charge in [-0.1, -0.05) is 22.0 Å². The summed E-state index contributed by atoms with van der Waals surface area (Å²) in [5.41, 5.74) is 10.3. The average Bonchev–Trinajstić information content (AvgIpc) is 2.65. The first kappa shape index (κ1) is 8.74. The van der Waals surface area contributed by atoms with Crippen molar-refractivity contribution in [3.8, 4) is 0 Å². The lowest BCUT2D eigenvalue weighted by atomic mass is 9.96. The summed E-state index contributed by atoms with van der Waals surface area (Å²) in [6, 6.07) is 4.70. The molecule has 1 aromatic carbocycles. The number of halogens is 1. The van der Waals surface area contributed by atoms with E-state index in [2.05, 4.69) is 40.3 Å². The molecular weight excluding hydrogens is 240 g/mol. The van der Waals surface area contributed by atoms with E-state index >= 15 is 0 Å². The molecular formula is C11H13BrN2. The van der Waals surface area contributed by atoms with Crippen molar-refractivity contribution in [2.75, 3.05) is 11.9 Å². The van der Waals surface area contributed by atoms with E-state index in [0.29, 0.717) is 6.04 Å². The van der Waals surface area contributed by atoms with E-state index in [1.54, 1.807) is 0 Å². The van der Waals surface area contributed by atoms with E-state index < -0.39 is 0 Å². The fraction of sp³-hybridized carbons (Fsp3) is 0.455. The molecule has 1 saturated carbocycles. The molecule has 2 aliphatic rings. The zero-order valence-electron chi connectivity index (χ0n) is 8.10. The highest BCUT2D eigenvalue weighted by atomic mass is 79.9. The Kier molecular flexibility index (Phi) is 1.58. The first-order valence-electron chi connectivity index (χ1n) is 4.94. The summed E-state index contributed by atoms with van der Waals surface area (Å²) < 4.78 is 1.18. The maximum absolute atomic E-state index is 6.01. The lowest BCUT2D eigenvalue weighted by Gasteiger charge is -2.09. The molecule has 3 N–H and O–H groups in total. The predicted octanol–water partition coefficient (Wildman–Crippen LogP) is 2.15. The minimum absolute atomic E-state index is 0.265. The summed E-state index contributed by atoms with van der Waals surface area (Å²) in [4.78, 5) is 0. The topological polar surface area (TPSA) is 38.0 Å². The Morgan fingerprint density at radius 3 is 2.93 bits per heavy atom. The van der Waals surface area contributed by atoms with E-state index in [9.17, 15) is 0 Å². The van der Waals surface area contributed by atoms with Gasteiger partial charge in [0, 0.05) is 28.2 Å². The van der Waals surface area contributed by atoms with Crippen molar-refractivity contribution in [1.82, 2.24) is 0 Å². The minimum atomic E-state index is 0.265. The number of anilines is 1. The van der Waals surface area contributed by atoms with Gasteiger partial charge in [-0.3, -0.25) is 0 Å². The Morgan fingerprint density at radius 1 is 1.57 bits per heavy atom. The second-order valence-corrected chi connectivity index (χ2v) is 5.27. The Labute approximate surface area is 92.0 Å². The van der Waals surface area contributed by atoms with Gasteiger partial charge in [0.15, 0.2) is 0 Å². The maximum Gasteiger partial charge on any atom is 0.0421 e. The van der Waals surface area contributed by atoms with Crippen molar-refractivity contribution in [1.29, 1.82) is 0 Å². The van der Waals surface area contributed by atoms with Crippen LogP contribution in [0.5, 0.6) is 0 Å². The zero-order chi connectivity index (χ0) is 9.92. The van der Waals surface area contributed by atoms with Crippen LogP contribution in [0, 0.1) is 6.92 Å². The van der Waals surface area contributed by atoms with Gasteiger partial charge < -0.3 is 11.1 Å². The van der Waals surface area contributed by atoms with Crippen LogP contribution >= 0.6 is 15.9 Å². The van der Waals surface area contributed by atoms with E-state index in [-0.39, 0.29) is 5.41 Å². The molecule has 0 saturated heterocycles. The summed E-state index contributed by atoms with van der Waals surface area (Å²) in [6.45, 7) is 3.16. The molecule has 0 bridgehead atoms. The quantitative estimate of drug-likeness (QED) is 0.743. The molecule has 0 amide bonds. The standard InChI is InChI=1S/C11H13BrN2/c1-6-8(12)3-2-7-10(6)14-5-11(7)4-9(11)13/h2-3,9,14H,4-5,13H2,1H3. The molecule has 0 aromatic heterocycles. The largest absolute Gasteiger partial charge is 0.384 e. The Morgan fingerprint density at radius 2 is 2.29 bits per heavy atom. The average molecular weight is 253 g/mol. The highest BCUT2D eigenvalue weighted by molar-refractivity contribution is 9.10. The van der Waals surface area contributed by atoms with Gasteiger partial charge in [0.1, 0.15) is 0 Å². The third kappa shape index (κ3) is 0.894. The number of fused-ring (bicyclic) bond motifs is 2. The van der Waals surface area contributed by atoms with Gasteiger partial charge in [-0.25, -0.2) is 0 Å². The van der Waals surface area contributed by atoms with Gasteiger partial charge >= 0.3 is 0 Å². The number of benzene rings is 1. The summed E-state index contributed by atoms with van der Waals surface area (Å²) >= 11 is 3.55. The van der Waals surface area contributed by atoms with Crippen LogP contribution in [0.3, 0.4) is 0 Å². The summed E-state index contributed by atoms with van der Waals surface area (Å²) in [6.07, 6.45) is 1.13. The molecule has 14 heavy (non-hydrogen) atoms. The molecule has 1 heterocycles.